The molecule has 0 amide bonds. The smallest absolute Gasteiger partial charge is 0.376 e. The third-order valence-electron chi connectivity index (χ3n) is 3.41. The summed E-state index contributed by atoms with van der Waals surface area (Å²) in [6, 6.07) is 11.3. The van der Waals surface area contributed by atoms with Gasteiger partial charge in [-0.2, -0.15) is 26.7 Å². The van der Waals surface area contributed by atoms with Gasteiger partial charge in [0.1, 0.15) is 5.75 Å². The van der Waals surface area contributed by atoms with E-state index in [1.807, 2.05) is 0 Å². The third-order valence-corrected chi connectivity index (χ3v) is 4.39. The molecular formula is C15H11F3N2O3S. The van der Waals surface area contributed by atoms with Crippen LogP contribution >= 0.6 is 0 Å². The van der Waals surface area contributed by atoms with Crippen molar-refractivity contribution in [2.75, 3.05) is 0 Å². The Balaban J connectivity index is 2.19. The number of rotatable bonds is 3. The fraction of sp³-hybridized carbons (Fsp3) is 0.133. The highest BCUT2D eigenvalue weighted by Gasteiger charge is 2.48. The van der Waals surface area contributed by atoms with Crippen molar-refractivity contribution in [3.8, 4) is 16.9 Å². The van der Waals surface area contributed by atoms with Gasteiger partial charge in [0.15, 0.2) is 0 Å². The van der Waals surface area contributed by atoms with E-state index in [-0.39, 0.29) is 0 Å². The van der Waals surface area contributed by atoms with Crippen LogP contribution in [0, 0.1) is 0 Å². The average molecular weight is 356 g/mol. The minimum absolute atomic E-state index is 0.428. The Bertz CT molecular complexity index is 996. The second-order valence-corrected chi connectivity index (χ2v) is 6.56. The molecule has 0 spiro atoms. The molecule has 0 N–H and O–H groups in total. The van der Waals surface area contributed by atoms with Crippen LogP contribution < -0.4 is 4.18 Å². The first kappa shape index (κ1) is 16.3. The van der Waals surface area contributed by atoms with Gasteiger partial charge >= 0.3 is 15.6 Å². The molecule has 5 nitrogen and oxygen atoms in total. The lowest BCUT2D eigenvalue weighted by atomic mass is 10.0. The summed E-state index contributed by atoms with van der Waals surface area (Å²) in [6.07, 6.45) is 1.56. The molecule has 0 atom stereocenters. The summed E-state index contributed by atoms with van der Waals surface area (Å²) >= 11 is 0. The lowest BCUT2D eigenvalue weighted by Crippen LogP contribution is -2.28. The second-order valence-electron chi connectivity index (χ2n) is 5.02. The van der Waals surface area contributed by atoms with E-state index in [9.17, 15) is 21.6 Å². The number of hydrogen-bond acceptors (Lipinski definition) is 4. The summed E-state index contributed by atoms with van der Waals surface area (Å²) in [5, 5.41) is 4.72. The molecule has 0 saturated heterocycles. The first-order valence-corrected chi connectivity index (χ1v) is 8.12. The maximum atomic E-state index is 12.5. The number of nitrogens with zero attached hydrogens (tertiary/aromatic N) is 2. The van der Waals surface area contributed by atoms with Gasteiger partial charge in [-0.25, -0.2) is 0 Å². The number of hydrogen-bond donors (Lipinski definition) is 0. The van der Waals surface area contributed by atoms with Gasteiger partial charge in [-0.05, 0) is 17.2 Å². The van der Waals surface area contributed by atoms with Gasteiger partial charge in [0.25, 0.3) is 0 Å². The molecule has 0 bridgehead atoms. The Labute approximate surface area is 135 Å². The van der Waals surface area contributed by atoms with Crippen LogP contribution in [0.1, 0.15) is 0 Å². The number of fused-ring (bicyclic) bond motifs is 1. The zero-order valence-electron chi connectivity index (χ0n) is 12.3. The SMILES string of the molecule is Cn1ncc2c(-c3ccccc3)cc(OS(=O)(=O)C(F)(F)F)cc21. The van der Waals surface area contributed by atoms with E-state index in [1.165, 1.54) is 16.8 Å². The quantitative estimate of drug-likeness (QED) is 0.533. The van der Waals surface area contributed by atoms with Crippen molar-refractivity contribution >= 4 is 21.0 Å². The number of alkyl halides is 3. The normalized spacial score (nSPS) is 12.5. The average Bonchev–Trinajstić information content (AvgIpc) is 2.87. The molecule has 2 aromatic carbocycles. The van der Waals surface area contributed by atoms with Crippen molar-refractivity contribution in [3.05, 3.63) is 48.7 Å². The zero-order valence-corrected chi connectivity index (χ0v) is 13.1. The lowest BCUT2D eigenvalue weighted by molar-refractivity contribution is -0.0500. The largest absolute Gasteiger partial charge is 0.534 e. The Morgan fingerprint density at radius 2 is 1.79 bits per heavy atom. The highest BCUT2D eigenvalue weighted by molar-refractivity contribution is 7.88. The number of benzene rings is 2. The van der Waals surface area contributed by atoms with E-state index in [4.69, 9.17) is 0 Å². The maximum absolute atomic E-state index is 12.5. The van der Waals surface area contributed by atoms with Crippen molar-refractivity contribution < 1.29 is 25.8 Å². The second kappa shape index (κ2) is 5.52. The number of halogens is 3. The molecule has 1 heterocycles. The Morgan fingerprint density at radius 1 is 1.12 bits per heavy atom. The topological polar surface area (TPSA) is 61.2 Å². The number of aryl methyl sites for hydroxylation is 1. The molecule has 126 valence electrons. The summed E-state index contributed by atoms with van der Waals surface area (Å²) in [7, 11) is -4.15. The van der Waals surface area contributed by atoms with Crippen molar-refractivity contribution in [2.45, 2.75) is 5.51 Å². The van der Waals surface area contributed by atoms with Crippen LogP contribution in [0.5, 0.6) is 5.75 Å². The fourth-order valence-electron chi connectivity index (χ4n) is 2.30. The van der Waals surface area contributed by atoms with Crippen LogP contribution in [0.4, 0.5) is 13.2 Å². The number of aromatic nitrogens is 2. The van der Waals surface area contributed by atoms with Gasteiger partial charge < -0.3 is 4.18 Å². The van der Waals surface area contributed by atoms with Gasteiger partial charge in [0.05, 0.1) is 11.7 Å². The molecule has 1 aromatic heterocycles. The van der Waals surface area contributed by atoms with Crippen molar-refractivity contribution in [1.29, 1.82) is 0 Å². The van der Waals surface area contributed by atoms with E-state index >= 15 is 0 Å². The minimum atomic E-state index is -5.74. The summed E-state index contributed by atoms with van der Waals surface area (Å²) in [6.45, 7) is 0. The Kier molecular flexibility index (Phi) is 3.75. The predicted molar refractivity (Wildman–Crippen MR) is 81.8 cm³/mol. The zero-order chi connectivity index (χ0) is 17.5. The van der Waals surface area contributed by atoms with E-state index in [2.05, 4.69) is 9.28 Å². The molecular weight excluding hydrogens is 345 g/mol. The maximum Gasteiger partial charge on any atom is 0.534 e. The van der Waals surface area contributed by atoms with Crippen LogP contribution in [0.15, 0.2) is 48.7 Å². The van der Waals surface area contributed by atoms with E-state index < -0.39 is 21.4 Å². The minimum Gasteiger partial charge on any atom is -0.376 e. The van der Waals surface area contributed by atoms with Gasteiger partial charge in [-0.15, -0.1) is 0 Å². The molecule has 0 unspecified atom stereocenters. The van der Waals surface area contributed by atoms with Crippen molar-refractivity contribution in [1.82, 2.24) is 9.78 Å². The molecule has 0 aliphatic heterocycles. The van der Waals surface area contributed by atoms with Crippen molar-refractivity contribution in [3.63, 3.8) is 0 Å². The first-order valence-electron chi connectivity index (χ1n) is 6.71. The monoisotopic (exact) mass is 356 g/mol. The van der Waals surface area contributed by atoms with Crippen LogP contribution in [0.25, 0.3) is 22.0 Å². The van der Waals surface area contributed by atoms with Crippen LogP contribution in [-0.2, 0) is 17.2 Å². The van der Waals surface area contributed by atoms with Crippen LogP contribution in [-0.4, -0.2) is 23.7 Å². The molecule has 3 aromatic rings. The van der Waals surface area contributed by atoms with E-state index in [0.717, 1.165) is 0 Å². The van der Waals surface area contributed by atoms with Gasteiger partial charge in [-0.1, -0.05) is 30.3 Å². The van der Waals surface area contributed by atoms with Crippen LogP contribution in [0.2, 0.25) is 0 Å². The molecule has 3 rings (SSSR count). The summed E-state index contributed by atoms with van der Waals surface area (Å²) in [5.74, 6) is -0.428. The highest BCUT2D eigenvalue weighted by Crippen LogP contribution is 2.35. The first-order chi connectivity index (χ1) is 11.2. The third kappa shape index (κ3) is 2.82. The Morgan fingerprint density at radius 3 is 2.42 bits per heavy atom. The Hall–Kier alpha value is -2.55. The molecule has 0 fully saturated rings. The van der Waals surface area contributed by atoms with Gasteiger partial charge in [-0.3, -0.25) is 4.68 Å². The van der Waals surface area contributed by atoms with E-state index in [1.54, 1.807) is 43.6 Å². The molecule has 9 heteroatoms. The van der Waals surface area contributed by atoms with Crippen molar-refractivity contribution in [2.24, 2.45) is 7.05 Å². The van der Waals surface area contributed by atoms with E-state index in [0.29, 0.717) is 22.0 Å². The fourth-order valence-corrected chi connectivity index (χ4v) is 2.74. The molecule has 24 heavy (non-hydrogen) atoms. The summed E-state index contributed by atoms with van der Waals surface area (Å²) in [4.78, 5) is 0. The molecule has 0 aliphatic carbocycles. The van der Waals surface area contributed by atoms with Gasteiger partial charge in [0, 0.05) is 18.5 Å². The molecule has 0 radical (unpaired) electrons. The summed E-state index contributed by atoms with van der Waals surface area (Å²) < 4.78 is 65.8. The lowest BCUT2D eigenvalue weighted by Gasteiger charge is -2.12. The standard InChI is InChI=1S/C15H11F3N2O3S/c1-20-14-8-11(23-24(21,22)15(16,17)18)7-12(13(14)9-19-20)10-5-3-2-4-6-10/h2-9H,1H3. The molecule has 0 aliphatic rings. The summed E-state index contributed by atoms with van der Waals surface area (Å²) in [5.41, 5.74) is -3.83. The predicted octanol–water partition coefficient (Wildman–Crippen LogP) is 3.47. The van der Waals surface area contributed by atoms with Gasteiger partial charge in [0.2, 0.25) is 0 Å². The molecule has 0 saturated carbocycles. The highest BCUT2D eigenvalue weighted by atomic mass is 32.2. The van der Waals surface area contributed by atoms with Crippen LogP contribution in [0.3, 0.4) is 0 Å².